The van der Waals surface area contributed by atoms with Gasteiger partial charge in [0.25, 0.3) is 5.91 Å². The maximum Gasteiger partial charge on any atom is 0.255 e. The molecule has 0 fully saturated rings. The smallest absolute Gasteiger partial charge is 0.255 e. The highest BCUT2D eigenvalue weighted by Gasteiger charge is 2.19. The topological polar surface area (TPSA) is 76.0 Å². The third-order valence-electron chi connectivity index (χ3n) is 4.98. The van der Waals surface area contributed by atoms with E-state index in [-0.39, 0.29) is 31.3 Å². The van der Waals surface area contributed by atoms with Gasteiger partial charge in [0.15, 0.2) is 0 Å². The molecule has 0 aliphatic rings. The van der Waals surface area contributed by atoms with E-state index in [2.05, 4.69) is 23.5 Å². The lowest BCUT2D eigenvalue weighted by molar-refractivity contribution is -0.120. The van der Waals surface area contributed by atoms with Crippen LogP contribution in [0.5, 0.6) is 0 Å². The zero-order chi connectivity index (χ0) is 22.2. The van der Waals surface area contributed by atoms with Crippen LogP contribution in [0.1, 0.15) is 34.8 Å². The van der Waals surface area contributed by atoms with E-state index in [1.165, 1.54) is 5.56 Å². The highest BCUT2D eigenvalue weighted by Crippen LogP contribution is 2.25. The number of nitrogens with zero attached hydrogens (tertiary/aromatic N) is 2. The predicted octanol–water partition coefficient (Wildman–Crippen LogP) is 3.28. The molecule has 3 aromatic rings. The van der Waals surface area contributed by atoms with E-state index in [9.17, 15) is 9.59 Å². The van der Waals surface area contributed by atoms with E-state index in [4.69, 9.17) is 11.5 Å². The number of carbonyl (C=O) groups is 2. The number of aromatic nitrogens is 2. The lowest BCUT2D eigenvalue weighted by Crippen LogP contribution is -2.31. The molecular weight excluding hydrogens is 388 g/mol. The summed E-state index contributed by atoms with van der Waals surface area (Å²) >= 11 is 0. The first-order chi connectivity index (χ1) is 15.0. The fraction of sp³-hybridized carbons (Fsp3) is 0.240. The van der Waals surface area contributed by atoms with Gasteiger partial charge in [-0.2, -0.15) is 5.10 Å². The van der Waals surface area contributed by atoms with E-state index in [1.807, 2.05) is 55.5 Å². The van der Waals surface area contributed by atoms with Crippen LogP contribution < -0.4 is 10.6 Å². The molecule has 2 N–H and O–H groups in total. The molecule has 0 unspecified atom stereocenters. The van der Waals surface area contributed by atoms with Crippen molar-refractivity contribution in [3.63, 3.8) is 0 Å². The van der Waals surface area contributed by atoms with Crippen LogP contribution in [0.3, 0.4) is 0 Å². The molecule has 0 spiro atoms. The van der Waals surface area contributed by atoms with Gasteiger partial charge in [-0.15, -0.1) is 6.42 Å². The Hall–Kier alpha value is -3.85. The Balaban J connectivity index is 1.88. The van der Waals surface area contributed by atoms with Crippen LogP contribution >= 0.6 is 0 Å². The van der Waals surface area contributed by atoms with Crippen LogP contribution in [0.15, 0.2) is 54.7 Å². The molecule has 1 heterocycles. The molecule has 0 bridgehead atoms. The second-order valence-electron chi connectivity index (χ2n) is 7.16. The predicted molar refractivity (Wildman–Crippen MR) is 122 cm³/mol. The maximum atomic E-state index is 13.0. The molecule has 0 aliphatic heterocycles. The molecule has 0 saturated heterocycles. The van der Waals surface area contributed by atoms with Crippen molar-refractivity contribution in [2.24, 2.45) is 0 Å². The van der Waals surface area contributed by atoms with Crippen molar-refractivity contribution in [1.82, 2.24) is 20.4 Å². The second-order valence-corrected chi connectivity index (χ2v) is 7.16. The fourth-order valence-electron chi connectivity index (χ4n) is 3.22. The number of nitrogens with one attached hydrogen (secondary N) is 2. The van der Waals surface area contributed by atoms with Crippen molar-refractivity contribution in [3.8, 4) is 29.3 Å². The second kappa shape index (κ2) is 10.3. The zero-order valence-electron chi connectivity index (χ0n) is 17.8. The van der Waals surface area contributed by atoms with Gasteiger partial charge in [-0.25, -0.2) is 4.68 Å². The normalized spacial score (nSPS) is 10.4. The van der Waals surface area contributed by atoms with Gasteiger partial charge >= 0.3 is 0 Å². The molecule has 6 nitrogen and oxygen atoms in total. The molecular formula is C25H26N4O2. The number of hydrogen-bond acceptors (Lipinski definition) is 3. The van der Waals surface area contributed by atoms with E-state index < -0.39 is 0 Å². The summed E-state index contributed by atoms with van der Waals surface area (Å²) in [5.41, 5.74) is 5.08. The number of amides is 2. The molecule has 1 aromatic heterocycles. The average molecular weight is 415 g/mol. The number of terminal acetylenes is 1. The van der Waals surface area contributed by atoms with Crippen LogP contribution in [-0.4, -0.2) is 34.7 Å². The summed E-state index contributed by atoms with van der Waals surface area (Å²) in [5.74, 6) is 1.87. The van der Waals surface area contributed by atoms with Gasteiger partial charge in [-0.3, -0.25) is 9.59 Å². The van der Waals surface area contributed by atoms with Gasteiger partial charge in [0.2, 0.25) is 5.91 Å². The first-order valence-electron chi connectivity index (χ1n) is 10.3. The molecule has 0 saturated carbocycles. The van der Waals surface area contributed by atoms with Crippen LogP contribution in [0.2, 0.25) is 0 Å². The van der Waals surface area contributed by atoms with Crippen molar-refractivity contribution in [3.05, 3.63) is 71.4 Å². The van der Waals surface area contributed by atoms with Gasteiger partial charge in [0.1, 0.15) is 5.69 Å². The fourth-order valence-corrected chi connectivity index (χ4v) is 3.22. The Morgan fingerprint density at radius 1 is 1.10 bits per heavy atom. The van der Waals surface area contributed by atoms with Gasteiger partial charge in [0, 0.05) is 24.7 Å². The first kappa shape index (κ1) is 21.8. The third-order valence-corrected chi connectivity index (χ3v) is 4.98. The number of carbonyl (C=O) groups excluding carboxylic acids is 2. The lowest BCUT2D eigenvalue weighted by atomic mass is 10.0. The molecule has 0 aliphatic carbocycles. The zero-order valence-corrected chi connectivity index (χ0v) is 17.8. The first-order valence-corrected chi connectivity index (χ1v) is 10.3. The number of benzene rings is 2. The molecule has 0 atom stereocenters. The Morgan fingerprint density at radius 2 is 1.84 bits per heavy atom. The molecule has 2 aromatic carbocycles. The monoisotopic (exact) mass is 414 g/mol. The molecule has 0 radical (unpaired) electrons. The van der Waals surface area contributed by atoms with Crippen LogP contribution in [0, 0.1) is 19.3 Å². The minimum absolute atomic E-state index is 0.153. The Labute approximate surface area is 182 Å². The van der Waals surface area contributed by atoms with Crippen LogP contribution in [0.25, 0.3) is 16.9 Å². The number of rotatable bonds is 8. The highest BCUT2D eigenvalue weighted by molar-refractivity contribution is 6.00. The van der Waals surface area contributed by atoms with Crippen molar-refractivity contribution in [1.29, 1.82) is 0 Å². The largest absolute Gasteiger partial charge is 0.351 e. The highest BCUT2D eigenvalue weighted by atomic mass is 16.2. The Morgan fingerprint density at radius 3 is 2.52 bits per heavy atom. The van der Waals surface area contributed by atoms with E-state index in [0.29, 0.717) is 11.3 Å². The van der Waals surface area contributed by atoms with Gasteiger partial charge < -0.3 is 10.6 Å². The number of aryl methyl sites for hydroxylation is 2. The van der Waals surface area contributed by atoms with Gasteiger partial charge in [0.05, 0.1) is 17.8 Å². The SMILES string of the molecule is C#CCNC(=O)CCNC(=O)c1cn(-c2ccccc2C)nc1-c1ccc(CC)cc1. The van der Waals surface area contributed by atoms with Gasteiger partial charge in [-0.05, 0) is 30.5 Å². The van der Waals surface area contributed by atoms with Crippen molar-refractivity contribution in [2.45, 2.75) is 26.7 Å². The Kier molecular flexibility index (Phi) is 7.23. The van der Waals surface area contributed by atoms with E-state index in [1.54, 1.807) is 10.9 Å². The summed E-state index contributed by atoms with van der Waals surface area (Å²) in [6.07, 6.45) is 7.96. The van der Waals surface area contributed by atoms with Crippen LogP contribution in [-0.2, 0) is 11.2 Å². The van der Waals surface area contributed by atoms with Crippen molar-refractivity contribution in [2.75, 3.05) is 13.1 Å². The summed E-state index contributed by atoms with van der Waals surface area (Å²) in [6.45, 7) is 4.48. The molecule has 3 rings (SSSR count). The quantitative estimate of drug-likeness (QED) is 0.556. The van der Waals surface area contributed by atoms with E-state index >= 15 is 0 Å². The van der Waals surface area contributed by atoms with E-state index in [0.717, 1.165) is 23.2 Å². The minimum Gasteiger partial charge on any atom is -0.351 e. The third kappa shape index (κ3) is 5.40. The number of para-hydroxylation sites is 1. The summed E-state index contributed by atoms with van der Waals surface area (Å²) in [7, 11) is 0. The summed E-state index contributed by atoms with van der Waals surface area (Å²) in [4.78, 5) is 24.7. The molecule has 2 amide bonds. The molecule has 31 heavy (non-hydrogen) atoms. The maximum absolute atomic E-state index is 13.0. The minimum atomic E-state index is -0.279. The Bertz CT molecular complexity index is 1110. The summed E-state index contributed by atoms with van der Waals surface area (Å²) in [5, 5.41) is 10.1. The molecule has 6 heteroatoms. The average Bonchev–Trinajstić information content (AvgIpc) is 3.23. The summed E-state index contributed by atoms with van der Waals surface area (Å²) in [6, 6.07) is 15.9. The number of hydrogen-bond donors (Lipinski definition) is 2. The van der Waals surface area contributed by atoms with Crippen molar-refractivity contribution >= 4 is 11.8 Å². The standard InChI is InChI=1S/C25H26N4O2/c1-4-15-26-23(30)14-16-27-25(31)21-17-29(22-9-7-6-8-18(22)3)28-24(21)20-12-10-19(5-2)11-13-20/h1,6-13,17H,5,14-16H2,2-3H3,(H,26,30)(H,27,31). The van der Waals surface area contributed by atoms with Gasteiger partial charge in [-0.1, -0.05) is 55.3 Å². The van der Waals surface area contributed by atoms with Crippen molar-refractivity contribution < 1.29 is 9.59 Å². The molecule has 158 valence electrons. The lowest BCUT2D eigenvalue weighted by Gasteiger charge is -2.06. The van der Waals surface area contributed by atoms with Crippen LogP contribution in [0.4, 0.5) is 0 Å². The summed E-state index contributed by atoms with van der Waals surface area (Å²) < 4.78 is 1.73.